The molecule has 7 nitrogen and oxygen atoms in total. The summed E-state index contributed by atoms with van der Waals surface area (Å²) in [4.78, 5) is 30.5. The number of anilines is 1. The molecule has 0 bridgehead atoms. The molecule has 1 amide bonds. The van der Waals surface area contributed by atoms with Crippen molar-refractivity contribution in [3.05, 3.63) is 23.7 Å². The molecular formula is C19H25N5O2. The number of aromatic nitrogens is 3. The minimum absolute atomic E-state index is 0.127. The van der Waals surface area contributed by atoms with Crippen molar-refractivity contribution in [2.75, 3.05) is 44.3 Å². The Morgan fingerprint density at radius 3 is 2.50 bits per heavy atom. The standard InChI is InChI=1S/C19H25N5O2/c1-13-14(2)22-18-17(21-13)11-16(12-20-18)23-5-3-15(4-6-23)19(25)24-7-9-26-10-8-24/h11-12,15H,3-10H2,1-2H3. The fraction of sp³-hybridized carbons (Fsp3) is 0.579. The average molecular weight is 355 g/mol. The highest BCUT2D eigenvalue weighted by Crippen LogP contribution is 2.26. The van der Waals surface area contributed by atoms with Crippen molar-refractivity contribution in [2.45, 2.75) is 26.7 Å². The molecule has 0 spiro atoms. The SMILES string of the molecule is Cc1nc2cc(N3CCC(C(=O)N4CCOCC4)CC3)cnc2nc1C. The van der Waals surface area contributed by atoms with Gasteiger partial charge in [0.25, 0.3) is 0 Å². The second-order valence-corrected chi connectivity index (χ2v) is 7.13. The average Bonchev–Trinajstić information content (AvgIpc) is 2.69. The summed E-state index contributed by atoms with van der Waals surface area (Å²) in [5.41, 5.74) is 4.44. The zero-order valence-corrected chi connectivity index (χ0v) is 15.4. The third kappa shape index (κ3) is 3.35. The van der Waals surface area contributed by atoms with E-state index in [2.05, 4.69) is 25.9 Å². The first-order valence-electron chi connectivity index (χ1n) is 9.34. The topological polar surface area (TPSA) is 71.5 Å². The van der Waals surface area contributed by atoms with Gasteiger partial charge in [-0.2, -0.15) is 0 Å². The third-order valence-electron chi connectivity index (χ3n) is 5.45. The fourth-order valence-corrected chi connectivity index (χ4v) is 3.70. The molecule has 4 rings (SSSR count). The highest BCUT2D eigenvalue weighted by molar-refractivity contribution is 5.79. The summed E-state index contributed by atoms with van der Waals surface area (Å²) >= 11 is 0. The molecule has 2 saturated heterocycles. The van der Waals surface area contributed by atoms with Crippen LogP contribution in [0.3, 0.4) is 0 Å². The highest BCUT2D eigenvalue weighted by Gasteiger charge is 2.29. The lowest BCUT2D eigenvalue weighted by Crippen LogP contribution is -2.46. The van der Waals surface area contributed by atoms with Crippen LogP contribution in [0, 0.1) is 19.8 Å². The van der Waals surface area contributed by atoms with E-state index in [-0.39, 0.29) is 5.92 Å². The van der Waals surface area contributed by atoms with Gasteiger partial charge in [-0.1, -0.05) is 0 Å². The number of hydrogen-bond acceptors (Lipinski definition) is 6. The number of morpholine rings is 1. The summed E-state index contributed by atoms with van der Waals surface area (Å²) in [6.45, 7) is 8.43. The Morgan fingerprint density at radius 1 is 1.08 bits per heavy atom. The number of amides is 1. The lowest BCUT2D eigenvalue weighted by molar-refractivity contribution is -0.140. The van der Waals surface area contributed by atoms with E-state index in [4.69, 9.17) is 4.74 Å². The maximum atomic E-state index is 12.7. The van der Waals surface area contributed by atoms with Gasteiger partial charge in [-0.05, 0) is 32.8 Å². The van der Waals surface area contributed by atoms with Crippen molar-refractivity contribution in [2.24, 2.45) is 5.92 Å². The van der Waals surface area contributed by atoms with Crippen molar-refractivity contribution in [1.29, 1.82) is 0 Å². The van der Waals surface area contributed by atoms with Crippen LogP contribution in [0.1, 0.15) is 24.2 Å². The van der Waals surface area contributed by atoms with Crippen molar-refractivity contribution in [3.63, 3.8) is 0 Å². The fourth-order valence-electron chi connectivity index (χ4n) is 3.70. The Bertz CT molecular complexity index is 811. The maximum Gasteiger partial charge on any atom is 0.225 e. The number of carbonyl (C=O) groups is 1. The van der Waals surface area contributed by atoms with E-state index in [9.17, 15) is 4.79 Å². The molecule has 0 N–H and O–H groups in total. The first-order valence-corrected chi connectivity index (χ1v) is 9.34. The van der Waals surface area contributed by atoms with Crippen molar-refractivity contribution < 1.29 is 9.53 Å². The number of hydrogen-bond donors (Lipinski definition) is 0. The molecule has 2 aromatic rings. The van der Waals surface area contributed by atoms with Gasteiger partial charge in [0.2, 0.25) is 5.91 Å². The van der Waals surface area contributed by atoms with Gasteiger partial charge in [0.05, 0.1) is 36.5 Å². The van der Waals surface area contributed by atoms with Gasteiger partial charge in [-0.3, -0.25) is 4.79 Å². The lowest BCUT2D eigenvalue weighted by atomic mass is 9.95. The monoisotopic (exact) mass is 355 g/mol. The van der Waals surface area contributed by atoms with E-state index in [0.717, 1.165) is 61.6 Å². The zero-order chi connectivity index (χ0) is 18.1. The summed E-state index contributed by atoms with van der Waals surface area (Å²) in [6, 6.07) is 2.06. The molecule has 138 valence electrons. The van der Waals surface area contributed by atoms with Crippen LogP contribution in [-0.2, 0) is 9.53 Å². The van der Waals surface area contributed by atoms with Gasteiger partial charge < -0.3 is 14.5 Å². The number of fused-ring (bicyclic) bond motifs is 1. The van der Waals surface area contributed by atoms with Gasteiger partial charge >= 0.3 is 0 Å². The molecule has 2 aromatic heterocycles. The van der Waals surface area contributed by atoms with Crippen LogP contribution in [0.15, 0.2) is 12.3 Å². The minimum Gasteiger partial charge on any atom is -0.378 e. The summed E-state index contributed by atoms with van der Waals surface area (Å²) in [5.74, 6) is 0.420. The highest BCUT2D eigenvalue weighted by atomic mass is 16.5. The predicted molar refractivity (Wildman–Crippen MR) is 99.1 cm³/mol. The first kappa shape index (κ1) is 17.1. The molecule has 4 heterocycles. The number of nitrogens with zero attached hydrogens (tertiary/aromatic N) is 5. The summed E-state index contributed by atoms with van der Waals surface area (Å²) in [5, 5.41) is 0. The number of ether oxygens (including phenoxy) is 1. The van der Waals surface area contributed by atoms with Crippen molar-refractivity contribution in [3.8, 4) is 0 Å². The van der Waals surface area contributed by atoms with E-state index in [1.807, 2.05) is 24.9 Å². The molecule has 0 aliphatic carbocycles. The normalized spacial score (nSPS) is 19.2. The molecule has 7 heteroatoms. The smallest absolute Gasteiger partial charge is 0.225 e. The van der Waals surface area contributed by atoms with Gasteiger partial charge in [0.15, 0.2) is 5.65 Å². The van der Waals surface area contributed by atoms with Crippen molar-refractivity contribution in [1.82, 2.24) is 19.9 Å². The second kappa shape index (κ2) is 7.15. The van der Waals surface area contributed by atoms with Crippen LogP contribution >= 0.6 is 0 Å². The number of aryl methyl sites for hydroxylation is 2. The lowest BCUT2D eigenvalue weighted by Gasteiger charge is -2.36. The number of carbonyl (C=O) groups excluding carboxylic acids is 1. The zero-order valence-electron chi connectivity index (χ0n) is 15.4. The summed E-state index contributed by atoms with van der Waals surface area (Å²) in [7, 11) is 0. The Labute approximate surface area is 153 Å². The van der Waals surface area contributed by atoms with Gasteiger partial charge in [0.1, 0.15) is 5.52 Å². The number of pyridine rings is 1. The molecule has 2 fully saturated rings. The van der Waals surface area contributed by atoms with Crippen LogP contribution in [-0.4, -0.2) is 65.2 Å². The van der Waals surface area contributed by atoms with Gasteiger partial charge in [-0.25, -0.2) is 15.0 Å². The van der Waals surface area contributed by atoms with E-state index in [0.29, 0.717) is 24.8 Å². The predicted octanol–water partition coefficient (Wildman–Crippen LogP) is 1.72. The molecule has 0 saturated carbocycles. The van der Waals surface area contributed by atoms with Gasteiger partial charge in [0, 0.05) is 32.1 Å². The van der Waals surface area contributed by atoms with E-state index in [1.54, 1.807) is 0 Å². The molecule has 2 aliphatic heterocycles. The molecule has 26 heavy (non-hydrogen) atoms. The van der Waals surface area contributed by atoms with Gasteiger partial charge in [-0.15, -0.1) is 0 Å². The van der Waals surface area contributed by atoms with Crippen LogP contribution < -0.4 is 4.90 Å². The Hall–Kier alpha value is -2.28. The van der Waals surface area contributed by atoms with Crippen molar-refractivity contribution >= 4 is 22.8 Å². The van der Waals surface area contributed by atoms with E-state index < -0.39 is 0 Å². The summed E-state index contributed by atoms with van der Waals surface area (Å²) < 4.78 is 5.34. The quantitative estimate of drug-likeness (QED) is 0.817. The Balaban J connectivity index is 1.43. The molecule has 0 radical (unpaired) electrons. The number of rotatable bonds is 2. The van der Waals surface area contributed by atoms with Crippen LogP contribution in [0.2, 0.25) is 0 Å². The Kier molecular flexibility index (Phi) is 4.72. The Morgan fingerprint density at radius 2 is 1.77 bits per heavy atom. The van der Waals surface area contributed by atoms with Crippen LogP contribution in [0.4, 0.5) is 5.69 Å². The second-order valence-electron chi connectivity index (χ2n) is 7.13. The molecular weight excluding hydrogens is 330 g/mol. The van der Waals surface area contributed by atoms with Crippen LogP contribution in [0.25, 0.3) is 11.2 Å². The molecule has 0 aromatic carbocycles. The first-order chi connectivity index (χ1) is 12.6. The summed E-state index contributed by atoms with van der Waals surface area (Å²) in [6.07, 6.45) is 3.63. The number of piperidine rings is 1. The molecule has 0 unspecified atom stereocenters. The van der Waals surface area contributed by atoms with E-state index in [1.165, 1.54) is 0 Å². The van der Waals surface area contributed by atoms with Crippen LogP contribution in [0.5, 0.6) is 0 Å². The molecule has 2 aliphatic rings. The largest absolute Gasteiger partial charge is 0.378 e. The minimum atomic E-state index is 0.127. The maximum absolute atomic E-state index is 12.7. The third-order valence-corrected chi connectivity index (χ3v) is 5.45. The van der Waals surface area contributed by atoms with E-state index >= 15 is 0 Å². The molecule has 0 atom stereocenters.